The van der Waals surface area contributed by atoms with Gasteiger partial charge in [-0.05, 0) is 64.2 Å². The lowest BCUT2D eigenvalue weighted by Gasteiger charge is -2.14. The van der Waals surface area contributed by atoms with Gasteiger partial charge in [0.05, 0.1) is 27.8 Å². The number of hydrogen-bond acceptors (Lipinski definition) is 4. The SMILES string of the molecule is CC.CC(C)(C)C.CC(C)(C)C.CC(C)(C)C.CC(C)(C)c1nc2c([nH]1)CCc1ccccc1-2.CC(C)(C)c1nc2c(ccc3ccccc32)[nH]1.CC(C)(C)c1nc2ccccc2[nH]1.CC(C)c1cnc(C(C)(C)C)[nH]1. The van der Waals surface area contributed by atoms with Crippen LogP contribution in [-0.4, -0.2) is 39.9 Å². The van der Waals surface area contributed by atoms with Gasteiger partial charge in [0.1, 0.15) is 23.3 Å². The minimum Gasteiger partial charge on any atom is -0.345 e. The zero-order valence-electron chi connectivity index (χ0n) is 53.4. The Kier molecular flexibility index (Phi) is 23.8. The van der Waals surface area contributed by atoms with E-state index in [1.165, 1.54) is 33.3 Å². The highest BCUT2D eigenvalue weighted by atomic mass is 15.0. The first-order chi connectivity index (χ1) is 34.6. The highest BCUT2D eigenvalue weighted by Gasteiger charge is 2.25. The lowest BCUT2D eigenvalue weighted by atomic mass is 9.93. The number of benzene rings is 4. The second kappa shape index (κ2) is 27.2. The average molecular weight is 1040 g/mol. The number of aromatic amines is 4. The summed E-state index contributed by atoms with van der Waals surface area (Å²) in [6, 6.07) is 29.3. The summed E-state index contributed by atoms with van der Waals surface area (Å²) >= 11 is 0. The third-order valence-electron chi connectivity index (χ3n) is 10.5. The van der Waals surface area contributed by atoms with E-state index in [4.69, 9.17) is 9.97 Å². The zero-order chi connectivity index (χ0) is 58.4. The Morgan fingerprint density at radius 2 is 0.868 bits per heavy atom. The number of para-hydroxylation sites is 2. The second-order valence-corrected chi connectivity index (χ2v) is 29.3. The fourth-order valence-electron chi connectivity index (χ4n) is 6.81. The van der Waals surface area contributed by atoms with Crippen molar-refractivity contribution >= 4 is 32.8 Å². The summed E-state index contributed by atoms with van der Waals surface area (Å²) < 4.78 is 0. The van der Waals surface area contributed by atoms with Gasteiger partial charge in [-0.15, -0.1) is 0 Å². The minimum absolute atomic E-state index is 0.0557. The molecule has 0 spiro atoms. The van der Waals surface area contributed by atoms with E-state index in [2.05, 4.69) is 277 Å². The Hall–Kier alpha value is -5.50. The Morgan fingerprint density at radius 1 is 0.421 bits per heavy atom. The molecule has 8 aromatic rings. The lowest BCUT2D eigenvalue weighted by molar-refractivity contribution is 0.469. The predicted octanol–water partition coefficient (Wildman–Crippen LogP) is 20.4. The van der Waals surface area contributed by atoms with Crippen LogP contribution < -0.4 is 0 Å². The van der Waals surface area contributed by atoms with Gasteiger partial charge in [-0.1, -0.05) is 261 Å². The van der Waals surface area contributed by atoms with Gasteiger partial charge in [-0.2, -0.15) is 0 Å². The number of nitrogens with zero attached hydrogens (tertiary/aromatic N) is 4. The van der Waals surface area contributed by atoms with Gasteiger partial charge in [0.25, 0.3) is 0 Å². The molecule has 0 aliphatic heterocycles. The second-order valence-electron chi connectivity index (χ2n) is 29.3. The van der Waals surface area contributed by atoms with Crippen molar-refractivity contribution in [1.82, 2.24) is 39.9 Å². The van der Waals surface area contributed by atoms with E-state index < -0.39 is 0 Å². The Morgan fingerprint density at radius 3 is 1.36 bits per heavy atom. The van der Waals surface area contributed by atoms with Crippen molar-refractivity contribution in [3.05, 3.63) is 131 Å². The first-order valence-electron chi connectivity index (χ1n) is 28.2. The molecule has 0 bridgehead atoms. The molecule has 76 heavy (non-hydrogen) atoms. The molecule has 420 valence electrons. The predicted molar refractivity (Wildman–Crippen MR) is 335 cm³/mol. The maximum absolute atomic E-state index is 4.81. The third-order valence-corrected chi connectivity index (χ3v) is 10.5. The van der Waals surface area contributed by atoms with Crippen LogP contribution >= 0.6 is 0 Å². The van der Waals surface area contributed by atoms with Crippen LogP contribution in [0.2, 0.25) is 0 Å². The van der Waals surface area contributed by atoms with E-state index in [9.17, 15) is 0 Å². The number of nitrogens with one attached hydrogen (secondary N) is 4. The number of H-pyrrole nitrogens is 4. The van der Waals surface area contributed by atoms with Gasteiger partial charge in [-0.25, -0.2) is 19.9 Å². The molecule has 0 saturated heterocycles. The number of imidazole rings is 4. The fraction of sp³-hybridized carbons (Fsp3) is 0.559. The molecular formula is C68H108N8. The molecule has 8 heteroatoms. The fourth-order valence-corrected chi connectivity index (χ4v) is 6.81. The normalized spacial score (nSPS) is 12.5. The van der Waals surface area contributed by atoms with E-state index >= 15 is 0 Å². The molecule has 1 aliphatic rings. The summed E-state index contributed by atoms with van der Waals surface area (Å²) in [5, 5.41) is 2.46. The molecule has 0 fully saturated rings. The molecule has 1 aliphatic carbocycles. The van der Waals surface area contributed by atoms with Crippen molar-refractivity contribution in [2.45, 2.75) is 234 Å². The number of rotatable bonds is 1. The number of aromatic nitrogens is 8. The van der Waals surface area contributed by atoms with E-state index in [0.29, 0.717) is 22.2 Å². The number of aryl methyl sites for hydroxylation is 2. The molecule has 4 aromatic heterocycles. The topological polar surface area (TPSA) is 115 Å². The van der Waals surface area contributed by atoms with E-state index in [-0.39, 0.29) is 21.7 Å². The summed E-state index contributed by atoms with van der Waals surface area (Å²) in [6.45, 7) is 60.7. The molecule has 0 amide bonds. The largest absolute Gasteiger partial charge is 0.345 e. The highest BCUT2D eigenvalue weighted by molar-refractivity contribution is 6.04. The quantitative estimate of drug-likeness (QED) is 0.131. The van der Waals surface area contributed by atoms with Crippen LogP contribution in [0.4, 0.5) is 0 Å². The molecule has 0 unspecified atom stereocenters. The van der Waals surface area contributed by atoms with Gasteiger partial charge in [0.15, 0.2) is 0 Å². The molecule has 4 aromatic carbocycles. The van der Waals surface area contributed by atoms with Gasteiger partial charge in [0.2, 0.25) is 0 Å². The van der Waals surface area contributed by atoms with Gasteiger partial charge in [0, 0.05) is 50.2 Å². The van der Waals surface area contributed by atoms with E-state index in [1.807, 2.05) is 38.2 Å². The maximum Gasteiger partial charge on any atom is 0.112 e. The third kappa shape index (κ3) is 23.8. The highest BCUT2D eigenvalue weighted by Crippen LogP contribution is 2.34. The van der Waals surface area contributed by atoms with Gasteiger partial charge in [-0.3, -0.25) is 0 Å². The van der Waals surface area contributed by atoms with Crippen molar-refractivity contribution < 1.29 is 0 Å². The maximum atomic E-state index is 4.81. The Labute approximate surface area is 463 Å². The van der Waals surface area contributed by atoms with Crippen LogP contribution in [0.3, 0.4) is 0 Å². The summed E-state index contributed by atoms with van der Waals surface area (Å²) in [5.41, 5.74) is 12.7. The summed E-state index contributed by atoms with van der Waals surface area (Å²) in [6.07, 6.45) is 4.13. The first-order valence-corrected chi connectivity index (χ1v) is 28.2. The average Bonchev–Trinajstić information content (AvgIpc) is 4.11. The van der Waals surface area contributed by atoms with Gasteiger partial charge >= 0.3 is 0 Å². The molecule has 4 N–H and O–H groups in total. The van der Waals surface area contributed by atoms with Crippen molar-refractivity contribution in [2.75, 3.05) is 0 Å². The first kappa shape index (κ1) is 66.6. The van der Waals surface area contributed by atoms with Crippen molar-refractivity contribution in [3.8, 4) is 11.3 Å². The van der Waals surface area contributed by atoms with Crippen LogP contribution in [0, 0.1) is 16.2 Å². The van der Waals surface area contributed by atoms with Crippen LogP contribution in [0.1, 0.15) is 240 Å². The molecule has 9 rings (SSSR count). The molecule has 4 heterocycles. The molecule has 0 saturated carbocycles. The van der Waals surface area contributed by atoms with Crippen LogP contribution in [0.25, 0.3) is 44.1 Å². The molecule has 0 radical (unpaired) electrons. The van der Waals surface area contributed by atoms with Gasteiger partial charge < -0.3 is 19.9 Å². The van der Waals surface area contributed by atoms with Crippen molar-refractivity contribution in [2.24, 2.45) is 16.2 Å². The standard InChI is InChI=1S/C15H18N2.C15H16N2.C11H14N2.C10H18N2.3C5H12.C2H6/c2*1-15(2,3)14-16-12-9-8-10-6-4-5-7-11(10)13(12)17-14;1-11(2,3)10-12-8-6-4-5-7-9(8)13-10;1-7(2)8-6-11-9(12-8)10(3,4)5;3*1-5(2,3)4;1-2/h4-7H,8-9H2,1-3H3,(H,16,17);4-9H,1-3H3,(H,16,17);4-7H,1-3H3,(H,12,13);6-7H,1-5H3,(H,11,12);3*1-4H3;1-2H3. The van der Waals surface area contributed by atoms with Crippen LogP contribution in [0.5, 0.6) is 0 Å². The number of hydrogen-bond donors (Lipinski definition) is 4. The van der Waals surface area contributed by atoms with Crippen LogP contribution in [-0.2, 0) is 34.5 Å². The molecule has 8 nitrogen and oxygen atoms in total. The van der Waals surface area contributed by atoms with Crippen molar-refractivity contribution in [1.29, 1.82) is 0 Å². The van der Waals surface area contributed by atoms with Crippen LogP contribution in [0.15, 0.2) is 91.1 Å². The monoisotopic (exact) mass is 1040 g/mol. The Balaban J connectivity index is 0.000000317. The molecule has 0 atom stereocenters. The molecular weight excluding hydrogens is 929 g/mol. The summed E-state index contributed by atoms with van der Waals surface area (Å²) in [4.78, 5) is 32.0. The minimum atomic E-state index is 0.0557. The zero-order valence-corrected chi connectivity index (χ0v) is 53.4. The van der Waals surface area contributed by atoms with E-state index in [1.54, 1.807) is 0 Å². The summed E-state index contributed by atoms with van der Waals surface area (Å²) in [5.74, 6) is 4.80. The van der Waals surface area contributed by atoms with E-state index in [0.717, 1.165) is 63.9 Å². The van der Waals surface area contributed by atoms with Crippen molar-refractivity contribution in [3.63, 3.8) is 0 Å². The smallest absolute Gasteiger partial charge is 0.112 e. The number of fused-ring (bicyclic) bond motifs is 7. The Bertz CT molecular complexity index is 2850. The lowest BCUT2D eigenvalue weighted by Crippen LogP contribution is -2.13. The summed E-state index contributed by atoms with van der Waals surface area (Å²) in [7, 11) is 0.